The molecule has 2 saturated heterocycles. The molecule has 1 aromatic heterocycles. The van der Waals surface area contributed by atoms with Gasteiger partial charge in [0.1, 0.15) is 5.76 Å². The zero-order valence-electron chi connectivity index (χ0n) is 15.7. The van der Waals surface area contributed by atoms with Crippen molar-refractivity contribution < 1.29 is 9.21 Å². The van der Waals surface area contributed by atoms with Gasteiger partial charge < -0.3 is 9.32 Å². The number of carbonyl (C=O) groups excluding carboxylic acids is 1. The molecule has 6 heteroatoms. The number of likely N-dealkylation sites (tertiary alicyclic amines) is 1. The fraction of sp³-hybridized carbons (Fsp3) is 0.476. The molecule has 0 saturated carbocycles. The Kier molecular flexibility index (Phi) is 5.28. The third-order valence-electron chi connectivity index (χ3n) is 5.39. The first kappa shape index (κ1) is 18.9. The first-order valence-electron chi connectivity index (χ1n) is 9.52. The lowest BCUT2D eigenvalue weighted by atomic mass is 10.0. The summed E-state index contributed by atoms with van der Waals surface area (Å²) in [7, 11) is 0. The third kappa shape index (κ3) is 3.65. The fourth-order valence-electron chi connectivity index (χ4n) is 4.11. The second-order valence-electron chi connectivity index (χ2n) is 7.47. The van der Waals surface area contributed by atoms with Crippen molar-refractivity contribution in [2.75, 3.05) is 24.5 Å². The summed E-state index contributed by atoms with van der Waals surface area (Å²) in [6, 6.07) is 13.9. The molecule has 4 nitrogen and oxygen atoms in total. The molecule has 0 bridgehead atoms. The van der Waals surface area contributed by atoms with Crippen molar-refractivity contribution in [2.24, 2.45) is 0 Å². The number of hydrogen-bond donors (Lipinski definition) is 0. The Labute approximate surface area is 169 Å². The predicted octanol–water partition coefficient (Wildman–Crippen LogP) is 4.83. The number of hydrogen-bond acceptors (Lipinski definition) is 4. The molecule has 2 aliphatic heterocycles. The number of amides is 1. The van der Waals surface area contributed by atoms with Crippen LogP contribution < -0.4 is 4.90 Å². The number of alkyl halides is 1. The molecule has 0 N–H and O–H groups in total. The quantitative estimate of drug-likeness (QED) is 0.683. The Balaban J connectivity index is 1.59. The van der Waals surface area contributed by atoms with Crippen LogP contribution in [-0.2, 0) is 4.79 Å². The van der Waals surface area contributed by atoms with E-state index in [-0.39, 0.29) is 21.4 Å². The third-order valence-corrected chi connectivity index (χ3v) is 7.11. The van der Waals surface area contributed by atoms with Crippen LogP contribution in [0.15, 0.2) is 46.9 Å². The number of rotatable bonds is 4. The zero-order valence-corrected chi connectivity index (χ0v) is 17.3. The zero-order chi connectivity index (χ0) is 19.0. The van der Waals surface area contributed by atoms with E-state index in [2.05, 4.69) is 4.90 Å². The van der Waals surface area contributed by atoms with Crippen molar-refractivity contribution in [1.82, 2.24) is 4.90 Å². The molecule has 1 amide bonds. The van der Waals surface area contributed by atoms with Crippen molar-refractivity contribution in [3.05, 3.63) is 42.5 Å². The summed E-state index contributed by atoms with van der Waals surface area (Å²) in [5.74, 6) is 1.61. The minimum Gasteiger partial charge on any atom is -0.440 e. The van der Waals surface area contributed by atoms with E-state index in [9.17, 15) is 4.79 Å². The summed E-state index contributed by atoms with van der Waals surface area (Å²) >= 11 is 7.95. The van der Waals surface area contributed by atoms with Gasteiger partial charge in [-0.1, -0.05) is 30.3 Å². The van der Waals surface area contributed by atoms with Gasteiger partial charge in [0, 0.05) is 36.6 Å². The van der Waals surface area contributed by atoms with E-state index in [4.69, 9.17) is 16.0 Å². The molecule has 2 aromatic rings. The van der Waals surface area contributed by atoms with Crippen LogP contribution in [0.3, 0.4) is 0 Å². The molecule has 2 fully saturated rings. The molecule has 0 radical (unpaired) electrons. The summed E-state index contributed by atoms with van der Waals surface area (Å²) in [4.78, 5) is 17.1. The largest absolute Gasteiger partial charge is 0.440 e. The van der Waals surface area contributed by atoms with E-state index >= 15 is 0 Å². The number of thioether (sulfide) groups is 1. The van der Waals surface area contributed by atoms with Crippen LogP contribution in [0.2, 0.25) is 0 Å². The van der Waals surface area contributed by atoms with Crippen LogP contribution >= 0.6 is 23.4 Å². The Morgan fingerprint density at radius 1 is 1.22 bits per heavy atom. The van der Waals surface area contributed by atoms with Crippen LogP contribution in [0.1, 0.15) is 26.7 Å². The average Bonchev–Trinajstić information content (AvgIpc) is 3.21. The van der Waals surface area contributed by atoms with Gasteiger partial charge >= 0.3 is 0 Å². The minimum atomic E-state index is -0.214. The first-order valence-corrected chi connectivity index (χ1v) is 10.8. The van der Waals surface area contributed by atoms with Crippen LogP contribution in [0.4, 0.5) is 5.88 Å². The van der Waals surface area contributed by atoms with Gasteiger partial charge in [-0.2, -0.15) is 0 Å². The van der Waals surface area contributed by atoms with Gasteiger partial charge in [0.2, 0.25) is 11.8 Å². The standard InChI is InChI=1S/C21H25ClN2O2S/c1-15(22)14-23-12-10-21(11-13-23)24(20(25)16(2)27-21)19-9-8-18(26-19)17-6-4-3-5-7-17/h3-9,15-16H,10-14H2,1-2H3. The highest BCUT2D eigenvalue weighted by atomic mass is 35.5. The van der Waals surface area contributed by atoms with Gasteiger partial charge in [0.15, 0.2) is 0 Å². The number of nitrogens with zero attached hydrogens (tertiary/aromatic N) is 2. The average molecular weight is 405 g/mol. The lowest BCUT2D eigenvalue weighted by Gasteiger charge is -2.43. The molecule has 1 aromatic carbocycles. The number of halogens is 1. The Morgan fingerprint density at radius 2 is 1.93 bits per heavy atom. The topological polar surface area (TPSA) is 36.7 Å². The van der Waals surface area contributed by atoms with E-state index in [1.54, 1.807) is 11.8 Å². The number of benzene rings is 1. The maximum atomic E-state index is 13.0. The summed E-state index contributed by atoms with van der Waals surface area (Å²) < 4.78 is 6.15. The highest BCUT2D eigenvalue weighted by molar-refractivity contribution is 8.02. The second kappa shape index (κ2) is 7.53. The maximum Gasteiger partial charge on any atom is 0.243 e. The highest BCUT2D eigenvalue weighted by Gasteiger charge is 2.53. The van der Waals surface area contributed by atoms with Gasteiger partial charge in [0.25, 0.3) is 0 Å². The molecule has 4 rings (SSSR count). The number of furan rings is 1. The van der Waals surface area contributed by atoms with Crippen molar-refractivity contribution >= 4 is 35.2 Å². The van der Waals surface area contributed by atoms with E-state index < -0.39 is 0 Å². The molecule has 0 aliphatic carbocycles. The molecule has 27 heavy (non-hydrogen) atoms. The Hall–Kier alpha value is -1.43. The second-order valence-corrected chi connectivity index (χ2v) is 9.91. The minimum absolute atomic E-state index is 0.0474. The number of carbonyl (C=O) groups is 1. The lowest BCUT2D eigenvalue weighted by Crippen LogP contribution is -2.52. The number of anilines is 1. The molecular formula is C21H25ClN2O2S. The summed E-state index contributed by atoms with van der Waals surface area (Å²) in [6.07, 6.45) is 1.86. The molecular weight excluding hydrogens is 380 g/mol. The molecule has 1 spiro atoms. The van der Waals surface area contributed by atoms with E-state index in [0.717, 1.165) is 43.8 Å². The van der Waals surface area contributed by atoms with Gasteiger partial charge in [-0.05, 0) is 32.8 Å². The van der Waals surface area contributed by atoms with E-state index in [1.165, 1.54) is 0 Å². The van der Waals surface area contributed by atoms with Crippen LogP contribution in [-0.4, -0.2) is 45.9 Å². The Morgan fingerprint density at radius 3 is 2.59 bits per heavy atom. The molecule has 2 aliphatic rings. The van der Waals surface area contributed by atoms with E-state index in [1.807, 2.05) is 61.2 Å². The first-order chi connectivity index (χ1) is 13.0. The molecule has 3 heterocycles. The van der Waals surface area contributed by atoms with Gasteiger partial charge in [0.05, 0.1) is 10.1 Å². The van der Waals surface area contributed by atoms with Crippen molar-refractivity contribution in [3.8, 4) is 11.3 Å². The predicted molar refractivity (Wildman–Crippen MR) is 112 cm³/mol. The summed E-state index contributed by atoms with van der Waals surface area (Å²) in [5, 5.41) is 0.0965. The normalized spacial score (nSPS) is 23.9. The highest BCUT2D eigenvalue weighted by Crippen LogP contribution is 2.50. The summed E-state index contributed by atoms with van der Waals surface area (Å²) in [5.41, 5.74) is 1.02. The van der Waals surface area contributed by atoms with Crippen LogP contribution in [0, 0.1) is 0 Å². The molecule has 2 unspecified atom stereocenters. The van der Waals surface area contributed by atoms with Crippen molar-refractivity contribution in [2.45, 2.75) is 42.2 Å². The summed E-state index contributed by atoms with van der Waals surface area (Å²) in [6.45, 7) is 6.83. The Bertz CT molecular complexity index is 800. The number of piperidine rings is 1. The molecule has 2 atom stereocenters. The smallest absolute Gasteiger partial charge is 0.243 e. The SMILES string of the molecule is CC(Cl)CN1CCC2(CC1)SC(C)C(=O)N2c1ccc(-c2ccccc2)o1. The van der Waals surface area contributed by atoms with Gasteiger partial charge in [-0.15, -0.1) is 23.4 Å². The van der Waals surface area contributed by atoms with Crippen LogP contribution in [0.25, 0.3) is 11.3 Å². The van der Waals surface area contributed by atoms with E-state index in [0.29, 0.717) is 5.88 Å². The monoisotopic (exact) mass is 404 g/mol. The van der Waals surface area contributed by atoms with Crippen molar-refractivity contribution in [3.63, 3.8) is 0 Å². The van der Waals surface area contributed by atoms with Crippen molar-refractivity contribution in [1.29, 1.82) is 0 Å². The van der Waals surface area contributed by atoms with Crippen LogP contribution in [0.5, 0.6) is 0 Å². The fourth-order valence-corrected chi connectivity index (χ4v) is 5.88. The lowest BCUT2D eigenvalue weighted by molar-refractivity contribution is -0.118. The maximum absolute atomic E-state index is 13.0. The van der Waals surface area contributed by atoms with Gasteiger partial charge in [-0.3, -0.25) is 9.69 Å². The van der Waals surface area contributed by atoms with Gasteiger partial charge in [-0.25, -0.2) is 0 Å². The molecule has 144 valence electrons.